The van der Waals surface area contributed by atoms with Crippen LogP contribution in [0.1, 0.15) is 31.1 Å². The molecule has 0 N–H and O–H groups in total. The van der Waals surface area contributed by atoms with Gasteiger partial charge in [0, 0.05) is 11.6 Å². The Morgan fingerprint density at radius 2 is 2.00 bits per heavy atom. The molecule has 0 aliphatic rings. The van der Waals surface area contributed by atoms with Crippen molar-refractivity contribution in [1.82, 2.24) is 4.90 Å². The number of halogens is 1. The van der Waals surface area contributed by atoms with E-state index in [1.807, 2.05) is 12.1 Å². The van der Waals surface area contributed by atoms with Crippen LogP contribution in [0.2, 0.25) is 5.02 Å². The first kappa shape index (κ1) is 13.2. The predicted octanol–water partition coefficient (Wildman–Crippen LogP) is 3.25. The van der Waals surface area contributed by atoms with Crippen LogP contribution in [0.4, 0.5) is 0 Å². The van der Waals surface area contributed by atoms with Crippen molar-refractivity contribution in [3.05, 3.63) is 34.9 Å². The fourth-order valence-electron chi connectivity index (χ4n) is 1.62. The van der Waals surface area contributed by atoms with Crippen molar-refractivity contribution < 1.29 is 4.79 Å². The molecule has 1 aromatic rings. The van der Waals surface area contributed by atoms with Crippen molar-refractivity contribution in [3.63, 3.8) is 0 Å². The lowest BCUT2D eigenvalue weighted by atomic mass is 10.1. The third kappa shape index (κ3) is 3.32. The third-order valence-corrected chi connectivity index (χ3v) is 2.99. The summed E-state index contributed by atoms with van der Waals surface area (Å²) in [6, 6.07) is 7.57. The van der Waals surface area contributed by atoms with Gasteiger partial charge in [0.1, 0.15) is 0 Å². The number of nitrogens with zero attached hydrogens (tertiary/aromatic N) is 1. The largest absolute Gasteiger partial charge is 0.294 e. The summed E-state index contributed by atoms with van der Waals surface area (Å²) < 4.78 is 0. The summed E-state index contributed by atoms with van der Waals surface area (Å²) in [4.78, 5) is 14.1. The minimum atomic E-state index is 0.0844. The summed E-state index contributed by atoms with van der Waals surface area (Å²) in [5.74, 6) is 0.0844. The quantitative estimate of drug-likeness (QED) is 0.736. The molecule has 0 fully saturated rings. The van der Waals surface area contributed by atoms with Crippen molar-refractivity contribution in [2.24, 2.45) is 0 Å². The second kappa shape index (κ2) is 6.02. The molecule has 0 aromatic heterocycles. The average Bonchev–Trinajstić information content (AvgIpc) is 2.25. The summed E-state index contributed by atoms with van der Waals surface area (Å²) in [7, 11) is 0. The summed E-state index contributed by atoms with van der Waals surface area (Å²) >= 11 is 5.99. The molecule has 0 unspecified atom stereocenters. The van der Waals surface area contributed by atoms with Crippen LogP contribution in [-0.4, -0.2) is 29.8 Å². The van der Waals surface area contributed by atoms with E-state index >= 15 is 0 Å². The Kier molecular flexibility index (Phi) is 4.97. The molecular formula is C13H18ClNO. The zero-order valence-corrected chi connectivity index (χ0v) is 10.8. The highest BCUT2D eigenvalue weighted by Gasteiger charge is 2.15. The smallest absolute Gasteiger partial charge is 0.178 e. The van der Waals surface area contributed by atoms with E-state index in [1.165, 1.54) is 0 Å². The van der Waals surface area contributed by atoms with Crippen LogP contribution in [-0.2, 0) is 0 Å². The lowest BCUT2D eigenvalue weighted by molar-refractivity contribution is 0.0911. The zero-order chi connectivity index (χ0) is 12.1. The molecule has 1 aromatic carbocycles. The maximum atomic E-state index is 12.0. The molecule has 88 valence electrons. The van der Waals surface area contributed by atoms with E-state index in [1.54, 1.807) is 12.1 Å². The molecule has 0 saturated carbocycles. The molecule has 0 aliphatic carbocycles. The fourth-order valence-corrected chi connectivity index (χ4v) is 1.86. The molecule has 0 spiro atoms. The van der Waals surface area contributed by atoms with Gasteiger partial charge in [0.2, 0.25) is 0 Å². The van der Waals surface area contributed by atoms with Crippen molar-refractivity contribution in [2.75, 3.05) is 13.1 Å². The van der Waals surface area contributed by atoms with Gasteiger partial charge in [-0.25, -0.2) is 0 Å². The average molecular weight is 240 g/mol. The van der Waals surface area contributed by atoms with E-state index in [0.717, 1.165) is 6.54 Å². The first-order valence-electron chi connectivity index (χ1n) is 5.58. The lowest BCUT2D eigenvalue weighted by Crippen LogP contribution is -2.35. The molecule has 0 aliphatic heterocycles. The summed E-state index contributed by atoms with van der Waals surface area (Å²) in [6.45, 7) is 7.53. The van der Waals surface area contributed by atoms with Gasteiger partial charge in [0.25, 0.3) is 0 Å². The Bertz CT molecular complexity index is 363. The molecule has 2 nitrogen and oxygen atoms in total. The van der Waals surface area contributed by atoms with Crippen LogP contribution in [0.5, 0.6) is 0 Å². The standard InChI is InChI=1S/C13H18ClNO/c1-4-15(10(2)3)9-13(16)11-7-5-6-8-12(11)14/h5-8,10H,4,9H2,1-3H3. The van der Waals surface area contributed by atoms with Gasteiger partial charge < -0.3 is 0 Å². The molecule has 1 rings (SSSR count). The topological polar surface area (TPSA) is 20.3 Å². The van der Waals surface area contributed by atoms with Crippen LogP contribution in [0.25, 0.3) is 0 Å². The Morgan fingerprint density at radius 1 is 1.38 bits per heavy atom. The summed E-state index contributed by atoms with van der Waals surface area (Å²) in [6.07, 6.45) is 0. The van der Waals surface area contributed by atoms with Gasteiger partial charge in [-0.3, -0.25) is 9.69 Å². The number of benzene rings is 1. The molecule has 0 bridgehead atoms. The Labute approximate surface area is 102 Å². The number of hydrogen-bond donors (Lipinski definition) is 0. The van der Waals surface area contributed by atoms with Gasteiger partial charge in [0.15, 0.2) is 5.78 Å². The predicted molar refractivity (Wildman–Crippen MR) is 68.2 cm³/mol. The van der Waals surface area contributed by atoms with Crippen LogP contribution in [0, 0.1) is 0 Å². The highest BCUT2D eigenvalue weighted by atomic mass is 35.5. The molecular weight excluding hydrogens is 222 g/mol. The number of Topliss-reactive ketones (excluding diaryl/α,β-unsaturated/α-hetero) is 1. The molecule has 16 heavy (non-hydrogen) atoms. The summed E-state index contributed by atoms with van der Waals surface area (Å²) in [5, 5.41) is 0.535. The SMILES string of the molecule is CCN(CC(=O)c1ccccc1Cl)C(C)C. The van der Waals surface area contributed by atoms with Crippen molar-refractivity contribution in [1.29, 1.82) is 0 Å². The monoisotopic (exact) mass is 239 g/mol. The molecule has 3 heteroatoms. The van der Waals surface area contributed by atoms with E-state index in [2.05, 4.69) is 25.7 Å². The molecule has 0 amide bonds. The first-order chi connectivity index (χ1) is 7.56. The number of hydrogen-bond acceptors (Lipinski definition) is 2. The number of carbonyl (C=O) groups is 1. The first-order valence-corrected chi connectivity index (χ1v) is 5.95. The number of likely N-dealkylation sites (N-methyl/N-ethyl adjacent to an activating group) is 1. The Balaban J connectivity index is 2.76. The maximum Gasteiger partial charge on any atom is 0.178 e. The van der Waals surface area contributed by atoms with Crippen LogP contribution in [0.15, 0.2) is 24.3 Å². The second-order valence-electron chi connectivity index (χ2n) is 4.06. The molecule has 0 saturated heterocycles. The minimum absolute atomic E-state index is 0.0844. The van der Waals surface area contributed by atoms with Gasteiger partial charge in [-0.15, -0.1) is 0 Å². The number of ketones is 1. The lowest BCUT2D eigenvalue weighted by Gasteiger charge is -2.23. The molecule has 0 atom stereocenters. The fraction of sp³-hybridized carbons (Fsp3) is 0.462. The minimum Gasteiger partial charge on any atom is -0.294 e. The van der Waals surface area contributed by atoms with Gasteiger partial charge >= 0.3 is 0 Å². The number of carbonyl (C=O) groups excluding carboxylic acids is 1. The van der Waals surface area contributed by atoms with E-state index in [4.69, 9.17) is 11.6 Å². The van der Waals surface area contributed by atoms with E-state index in [9.17, 15) is 4.79 Å². The molecule has 0 radical (unpaired) electrons. The highest BCUT2D eigenvalue weighted by Crippen LogP contribution is 2.16. The van der Waals surface area contributed by atoms with Crippen LogP contribution in [0.3, 0.4) is 0 Å². The van der Waals surface area contributed by atoms with Crippen LogP contribution < -0.4 is 0 Å². The second-order valence-corrected chi connectivity index (χ2v) is 4.47. The normalized spacial score (nSPS) is 11.1. The van der Waals surface area contributed by atoms with E-state index in [0.29, 0.717) is 23.2 Å². The van der Waals surface area contributed by atoms with Crippen molar-refractivity contribution >= 4 is 17.4 Å². The Hall–Kier alpha value is -0.860. The molecule has 0 heterocycles. The Morgan fingerprint density at radius 3 is 2.50 bits per heavy atom. The maximum absolute atomic E-state index is 12.0. The van der Waals surface area contributed by atoms with Crippen molar-refractivity contribution in [2.45, 2.75) is 26.8 Å². The summed E-state index contributed by atoms with van der Waals surface area (Å²) in [5.41, 5.74) is 0.614. The van der Waals surface area contributed by atoms with Gasteiger partial charge in [-0.2, -0.15) is 0 Å². The highest BCUT2D eigenvalue weighted by molar-refractivity contribution is 6.34. The van der Waals surface area contributed by atoms with E-state index < -0.39 is 0 Å². The van der Waals surface area contributed by atoms with Crippen molar-refractivity contribution in [3.8, 4) is 0 Å². The van der Waals surface area contributed by atoms with Gasteiger partial charge in [-0.1, -0.05) is 30.7 Å². The zero-order valence-electron chi connectivity index (χ0n) is 10.0. The van der Waals surface area contributed by atoms with E-state index in [-0.39, 0.29) is 5.78 Å². The van der Waals surface area contributed by atoms with Gasteiger partial charge in [0.05, 0.1) is 11.6 Å². The number of rotatable bonds is 5. The third-order valence-electron chi connectivity index (χ3n) is 2.66. The van der Waals surface area contributed by atoms with Gasteiger partial charge in [-0.05, 0) is 32.5 Å². The van der Waals surface area contributed by atoms with Crippen LogP contribution >= 0.6 is 11.6 Å².